The molecule has 2 amide bonds. The van der Waals surface area contributed by atoms with Crippen LogP contribution in [0.1, 0.15) is 27.9 Å². The molecular formula is C31H30F4N4O2S. The molecule has 42 heavy (non-hydrogen) atoms. The van der Waals surface area contributed by atoms with Gasteiger partial charge in [-0.1, -0.05) is 36.0 Å². The summed E-state index contributed by atoms with van der Waals surface area (Å²) >= 11 is 1.22. The molecule has 1 N–H and O–H groups in total. The summed E-state index contributed by atoms with van der Waals surface area (Å²) < 4.78 is 52.6. The number of hydrogen-bond donors (Lipinski definition) is 1. The largest absolute Gasteiger partial charge is 0.416 e. The number of rotatable bonds is 7. The van der Waals surface area contributed by atoms with Crippen molar-refractivity contribution in [2.24, 2.45) is 0 Å². The van der Waals surface area contributed by atoms with E-state index in [1.165, 1.54) is 34.9 Å². The number of benzene rings is 3. The molecule has 2 aliphatic heterocycles. The fraction of sp³-hybridized carbons (Fsp3) is 0.290. The molecule has 3 aromatic rings. The lowest BCUT2D eigenvalue weighted by Crippen LogP contribution is -2.47. The Bertz CT molecular complexity index is 1480. The van der Waals surface area contributed by atoms with Crippen molar-refractivity contribution in [1.82, 2.24) is 10.2 Å². The summed E-state index contributed by atoms with van der Waals surface area (Å²) in [5.41, 5.74) is 1.39. The first-order valence-corrected chi connectivity index (χ1v) is 14.4. The van der Waals surface area contributed by atoms with Crippen LogP contribution in [0.25, 0.3) is 6.08 Å². The van der Waals surface area contributed by atoms with Crippen molar-refractivity contribution in [1.29, 1.82) is 0 Å². The highest BCUT2D eigenvalue weighted by Gasteiger charge is 2.30. The van der Waals surface area contributed by atoms with E-state index in [-0.39, 0.29) is 17.6 Å². The summed E-state index contributed by atoms with van der Waals surface area (Å²) in [6, 6.07) is 16.6. The lowest BCUT2D eigenvalue weighted by molar-refractivity contribution is -0.137. The number of fused-ring (bicyclic) bond motifs is 1. The van der Waals surface area contributed by atoms with E-state index in [0.29, 0.717) is 34.0 Å². The summed E-state index contributed by atoms with van der Waals surface area (Å²) in [7, 11) is 1.61. The topological polar surface area (TPSA) is 55.9 Å². The van der Waals surface area contributed by atoms with Gasteiger partial charge in [-0.2, -0.15) is 13.2 Å². The monoisotopic (exact) mass is 598 g/mol. The molecule has 3 aromatic carbocycles. The van der Waals surface area contributed by atoms with Crippen LogP contribution in [0.3, 0.4) is 0 Å². The molecule has 11 heteroatoms. The van der Waals surface area contributed by atoms with Gasteiger partial charge < -0.3 is 15.1 Å². The van der Waals surface area contributed by atoms with Crippen LogP contribution < -0.4 is 15.1 Å². The zero-order chi connectivity index (χ0) is 29.9. The van der Waals surface area contributed by atoms with E-state index in [9.17, 15) is 27.2 Å². The third kappa shape index (κ3) is 6.79. The average Bonchev–Trinajstić information content (AvgIpc) is 2.98. The molecule has 0 aromatic heterocycles. The fourth-order valence-electron chi connectivity index (χ4n) is 4.98. The molecule has 2 aliphatic rings. The van der Waals surface area contributed by atoms with Gasteiger partial charge in [0, 0.05) is 50.2 Å². The third-order valence-electron chi connectivity index (χ3n) is 7.36. The van der Waals surface area contributed by atoms with Crippen molar-refractivity contribution < 1.29 is 27.2 Å². The van der Waals surface area contributed by atoms with Crippen LogP contribution in [0.5, 0.6) is 0 Å². The van der Waals surface area contributed by atoms with Crippen molar-refractivity contribution >= 4 is 41.0 Å². The number of anilines is 2. The Hall–Kier alpha value is -3.83. The molecule has 1 fully saturated rings. The van der Waals surface area contributed by atoms with Crippen LogP contribution in [0, 0.1) is 5.82 Å². The van der Waals surface area contributed by atoms with Crippen molar-refractivity contribution in [2.45, 2.75) is 17.5 Å². The van der Waals surface area contributed by atoms with Gasteiger partial charge in [-0.15, -0.1) is 0 Å². The number of thioether (sulfide) groups is 1. The summed E-state index contributed by atoms with van der Waals surface area (Å²) in [6.45, 7) is 4.44. The predicted octanol–water partition coefficient (Wildman–Crippen LogP) is 5.90. The Balaban J connectivity index is 1.12. The Labute approximate surface area is 246 Å². The number of likely N-dealkylation sites (N-methyl/N-ethyl adjacent to an activating group) is 1. The summed E-state index contributed by atoms with van der Waals surface area (Å²) in [4.78, 5) is 32.8. The summed E-state index contributed by atoms with van der Waals surface area (Å²) in [5.74, 6) is -0.751. The number of halogens is 4. The number of nitrogens with one attached hydrogen (secondary N) is 1. The maximum absolute atomic E-state index is 14.1. The van der Waals surface area contributed by atoms with E-state index >= 15 is 0 Å². The molecular weight excluding hydrogens is 568 g/mol. The van der Waals surface area contributed by atoms with Gasteiger partial charge in [0.1, 0.15) is 5.82 Å². The van der Waals surface area contributed by atoms with Gasteiger partial charge in [0.2, 0.25) is 0 Å². The van der Waals surface area contributed by atoms with E-state index in [0.717, 1.165) is 56.2 Å². The molecule has 0 aliphatic carbocycles. The van der Waals surface area contributed by atoms with Crippen molar-refractivity contribution in [3.8, 4) is 0 Å². The minimum absolute atomic E-state index is 0.208. The fourth-order valence-corrected chi connectivity index (χ4v) is 6.07. The number of alkyl halides is 3. The highest BCUT2D eigenvalue weighted by molar-refractivity contribution is 8.04. The van der Waals surface area contributed by atoms with Crippen LogP contribution in [-0.4, -0.2) is 63.0 Å². The van der Waals surface area contributed by atoms with E-state index in [4.69, 9.17) is 0 Å². The third-order valence-corrected chi connectivity index (χ3v) is 8.43. The van der Waals surface area contributed by atoms with Crippen molar-refractivity contribution in [3.05, 3.63) is 94.1 Å². The second kappa shape index (κ2) is 12.6. The Morgan fingerprint density at radius 2 is 1.69 bits per heavy atom. The molecule has 0 unspecified atom stereocenters. The standard InChI is InChI=1S/C31H30F4N4O2S/c1-37-26-20-22(9-12-27(26)42-28(30(37)41)19-21-7-10-23(11-8-21)31(33,34)35)29(40)36-13-4-14-38-15-17-39(18-16-38)25-6-3-2-5-24(25)32/h2-3,5-12,19-20H,4,13-18H2,1H3,(H,36,40). The number of piperazine rings is 1. The molecule has 6 nitrogen and oxygen atoms in total. The van der Waals surface area contributed by atoms with Gasteiger partial charge in [-0.05, 0) is 67.1 Å². The number of hydrogen-bond acceptors (Lipinski definition) is 5. The second-order valence-corrected chi connectivity index (χ2v) is 11.3. The highest BCUT2D eigenvalue weighted by Crippen LogP contribution is 2.42. The molecule has 0 spiro atoms. The molecule has 0 saturated carbocycles. The molecule has 1 saturated heterocycles. The van der Waals surface area contributed by atoms with Gasteiger partial charge in [0.05, 0.1) is 21.8 Å². The predicted molar refractivity (Wildman–Crippen MR) is 157 cm³/mol. The minimum atomic E-state index is -4.42. The zero-order valence-electron chi connectivity index (χ0n) is 23.0. The van der Waals surface area contributed by atoms with Crippen LogP contribution in [0.2, 0.25) is 0 Å². The van der Waals surface area contributed by atoms with Gasteiger partial charge in [-0.3, -0.25) is 14.5 Å². The first-order chi connectivity index (χ1) is 20.1. The van der Waals surface area contributed by atoms with E-state index in [1.54, 1.807) is 43.5 Å². The van der Waals surface area contributed by atoms with Crippen molar-refractivity contribution in [2.75, 3.05) is 56.1 Å². The first-order valence-electron chi connectivity index (χ1n) is 13.6. The molecule has 0 bridgehead atoms. The zero-order valence-corrected chi connectivity index (χ0v) is 23.8. The van der Waals surface area contributed by atoms with E-state index in [2.05, 4.69) is 15.1 Å². The van der Waals surface area contributed by atoms with Gasteiger partial charge in [0.25, 0.3) is 11.8 Å². The number of nitrogens with zero attached hydrogens (tertiary/aromatic N) is 3. The van der Waals surface area contributed by atoms with Crippen LogP contribution in [0.15, 0.2) is 76.5 Å². The SMILES string of the molecule is CN1C(=O)C(=Cc2ccc(C(F)(F)F)cc2)Sc2ccc(C(=O)NCCCN3CCN(c4ccccc4F)CC3)cc21. The second-order valence-electron chi connectivity index (χ2n) is 10.2. The highest BCUT2D eigenvalue weighted by atomic mass is 32.2. The summed E-state index contributed by atoms with van der Waals surface area (Å²) in [6.07, 6.45) is -2.10. The maximum atomic E-state index is 14.1. The van der Waals surface area contributed by atoms with Crippen LogP contribution in [-0.2, 0) is 11.0 Å². The lowest BCUT2D eigenvalue weighted by atomic mass is 10.1. The van der Waals surface area contributed by atoms with Crippen LogP contribution in [0.4, 0.5) is 28.9 Å². The molecule has 2 heterocycles. The van der Waals surface area contributed by atoms with Gasteiger partial charge in [0.15, 0.2) is 0 Å². The van der Waals surface area contributed by atoms with Crippen LogP contribution >= 0.6 is 11.8 Å². The number of carbonyl (C=O) groups is 2. The number of para-hydroxylation sites is 1. The van der Waals surface area contributed by atoms with Gasteiger partial charge >= 0.3 is 6.18 Å². The van der Waals surface area contributed by atoms with Gasteiger partial charge in [-0.25, -0.2) is 4.39 Å². The summed E-state index contributed by atoms with van der Waals surface area (Å²) in [5, 5.41) is 2.94. The molecule has 5 rings (SSSR count). The van der Waals surface area contributed by atoms with Crippen molar-refractivity contribution in [3.63, 3.8) is 0 Å². The molecule has 220 valence electrons. The molecule has 0 atom stereocenters. The van der Waals surface area contributed by atoms with E-state index in [1.807, 2.05) is 6.07 Å². The minimum Gasteiger partial charge on any atom is -0.367 e. The lowest BCUT2D eigenvalue weighted by Gasteiger charge is -2.36. The maximum Gasteiger partial charge on any atom is 0.416 e. The molecule has 0 radical (unpaired) electrons. The number of amides is 2. The smallest absolute Gasteiger partial charge is 0.367 e. The normalized spacial score (nSPS) is 17.0. The quantitative estimate of drug-likeness (QED) is 0.209. The Morgan fingerprint density at radius 3 is 2.38 bits per heavy atom. The number of carbonyl (C=O) groups excluding carboxylic acids is 2. The Kier molecular flexibility index (Phi) is 8.88. The Morgan fingerprint density at radius 1 is 0.976 bits per heavy atom. The average molecular weight is 599 g/mol. The van der Waals surface area contributed by atoms with E-state index < -0.39 is 11.7 Å². The first kappa shape index (κ1) is 29.7.